The van der Waals surface area contributed by atoms with E-state index in [1.165, 1.54) is 64.0 Å². The van der Waals surface area contributed by atoms with Gasteiger partial charge in [-0.2, -0.15) is 0 Å². The maximum absolute atomic E-state index is 11.6. The van der Waals surface area contributed by atoms with E-state index < -0.39 is 0 Å². The molecule has 0 spiro atoms. The van der Waals surface area contributed by atoms with E-state index in [9.17, 15) is 19.2 Å². The minimum Gasteiger partial charge on any atom is -0.358 e. The average Bonchev–Trinajstić information content (AvgIpc) is 3.78. The van der Waals surface area contributed by atoms with Crippen molar-refractivity contribution in [1.29, 1.82) is 0 Å². The molecule has 0 aromatic rings. The summed E-state index contributed by atoms with van der Waals surface area (Å²) in [6, 6.07) is 0. The Morgan fingerprint density at radius 1 is 0.652 bits per heavy atom. The molecule has 0 atom stereocenters. The maximum atomic E-state index is 11.6. The van der Waals surface area contributed by atoms with Gasteiger partial charge in [0, 0.05) is 52.0 Å². The molecule has 0 heterocycles. The second-order valence-corrected chi connectivity index (χ2v) is 9.98. The zero-order valence-electron chi connectivity index (χ0n) is 29.9. The summed E-state index contributed by atoms with van der Waals surface area (Å²) in [7, 11) is 0. The van der Waals surface area contributed by atoms with E-state index in [1.54, 1.807) is 0 Å². The third-order valence-electron chi connectivity index (χ3n) is 6.21. The molecular formula is C36H69FeN5O4. The molecule has 0 aromatic heterocycles. The standard InChI is InChI=1S/C12H19NO2.C7H12N2O2.2C5H11N.C5H10.2CH3.Fe/c1-2-12(15)13-9-5-8-11(14)10-6-3-4-7-10;1-3-7(11)9-5-4-8-6(2)10;2*1-3-5-6-4-2;1-2-4-5-3-1;;;/h2,10H,1,3-9H2,(H,13,15);3H,1,4-5H2,2H3,(H,8,10)(H,9,11);2*3,6H,1,4-5H2,2H3;1-5H2;2*1H3;/q;;;;;2*-1;+2. The van der Waals surface area contributed by atoms with E-state index in [0.29, 0.717) is 37.8 Å². The van der Waals surface area contributed by atoms with Crippen molar-refractivity contribution in [2.24, 2.45) is 5.92 Å². The smallest absolute Gasteiger partial charge is 0.358 e. The van der Waals surface area contributed by atoms with Gasteiger partial charge in [0.25, 0.3) is 0 Å². The Kier molecular flexibility index (Phi) is 56.9. The third-order valence-corrected chi connectivity index (χ3v) is 6.21. The molecular weight excluding hydrogens is 622 g/mol. The summed E-state index contributed by atoms with van der Waals surface area (Å²) in [5.41, 5.74) is 0. The summed E-state index contributed by atoms with van der Waals surface area (Å²) < 4.78 is 0. The number of carbonyl (C=O) groups excluding carboxylic acids is 4. The van der Waals surface area contributed by atoms with Crippen LogP contribution in [-0.2, 0) is 36.2 Å². The number of amides is 3. The Morgan fingerprint density at radius 2 is 1.04 bits per heavy atom. The normalized spacial score (nSPS) is 12.1. The van der Waals surface area contributed by atoms with E-state index in [4.69, 9.17) is 0 Å². The first-order chi connectivity index (χ1) is 20.7. The number of Topliss-reactive ketones (excluding diaryl/α,β-unsaturated/α-hetero) is 1. The monoisotopic (exact) mass is 691 g/mol. The number of hydrogen-bond acceptors (Lipinski definition) is 6. The summed E-state index contributed by atoms with van der Waals surface area (Å²) in [6.07, 6.45) is 19.5. The fourth-order valence-electron chi connectivity index (χ4n) is 3.87. The summed E-state index contributed by atoms with van der Waals surface area (Å²) in [4.78, 5) is 43.3. The van der Waals surface area contributed by atoms with Gasteiger partial charge < -0.3 is 41.4 Å². The van der Waals surface area contributed by atoms with Crippen LogP contribution >= 0.6 is 0 Å². The van der Waals surface area contributed by atoms with Crippen molar-refractivity contribution >= 4 is 23.5 Å². The predicted molar refractivity (Wildman–Crippen MR) is 195 cm³/mol. The minimum atomic E-state index is -0.227. The summed E-state index contributed by atoms with van der Waals surface area (Å²) >= 11 is 0. The molecule has 270 valence electrons. The first-order valence-electron chi connectivity index (χ1n) is 15.9. The second-order valence-electron chi connectivity index (χ2n) is 9.98. The topological polar surface area (TPSA) is 128 Å². The summed E-state index contributed by atoms with van der Waals surface area (Å²) in [5.74, 6) is 0.192. The van der Waals surface area contributed by atoms with Crippen molar-refractivity contribution in [3.63, 3.8) is 0 Å². The molecule has 0 radical (unpaired) electrons. The van der Waals surface area contributed by atoms with Gasteiger partial charge in [-0.1, -0.05) is 84.1 Å². The van der Waals surface area contributed by atoms with Crippen LogP contribution < -0.4 is 26.6 Å². The van der Waals surface area contributed by atoms with Gasteiger partial charge in [0.1, 0.15) is 5.78 Å². The van der Waals surface area contributed by atoms with Gasteiger partial charge >= 0.3 is 17.1 Å². The number of carbonyl (C=O) groups is 4. The first-order valence-corrected chi connectivity index (χ1v) is 15.9. The number of nitrogens with one attached hydrogen (secondary N) is 5. The van der Waals surface area contributed by atoms with Gasteiger partial charge in [0.05, 0.1) is 0 Å². The van der Waals surface area contributed by atoms with Crippen molar-refractivity contribution in [1.82, 2.24) is 26.6 Å². The van der Waals surface area contributed by atoms with Gasteiger partial charge in [0.15, 0.2) is 0 Å². The van der Waals surface area contributed by atoms with Gasteiger partial charge in [0.2, 0.25) is 17.7 Å². The molecule has 2 saturated carbocycles. The number of ketones is 1. The molecule has 0 aliphatic heterocycles. The van der Waals surface area contributed by atoms with Crippen LogP contribution in [0.2, 0.25) is 0 Å². The van der Waals surface area contributed by atoms with Crippen LogP contribution in [0.15, 0.2) is 50.6 Å². The van der Waals surface area contributed by atoms with Crippen LogP contribution in [0.25, 0.3) is 0 Å². The van der Waals surface area contributed by atoms with Crippen LogP contribution in [-0.4, -0.2) is 69.3 Å². The molecule has 0 saturated heterocycles. The van der Waals surface area contributed by atoms with Crippen molar-refractivity contribution < 1.29 is 36.2 Å². The predicted octanol–water partition coefficient (Wildman–Crippen LogP) is 5.67. The SMILES string of the molecule is C1CCCC1.C=CC(=O)NCCCC(=O)C1CCCC1.C=CC(=O)NCCNC(C)=O.C=CCNCC.C=CCNCC.[CH3-].[CH3-].[Fe+2]. The zero-order valence-corrected chi connectivity index (χ0v) is 31.0. The molecule has 2 rings (SSSR count). The molecule has 3 amide bonds. The molecule has 46 heavy (non-hydrogen) atoms. The fourth-order valence-corrected chi connectivity index (χ4v) is 3.87. The second kappa shape index (κ2) is 46.9. The summed E-state index contributed by atoms with van der Waals surface area (Å²) in [6.45, 7) is 24.7. The van der Waals surface area contributed by atoms with Gasteiger partial charge in [-0.05, 0) is 44.5 Å². The van der Waals surface area contributed by atoms with E-state index >= 15 is 0 Å². The Morgan fingerprint density at radius 3 is 1.37 bits per heavy atom. The van der Waals surface area contributed by atoms with Crippen LogP contribution in [0.5, 0.6) is 0 Å². The van der Waals surface area contributed by atoms with E-state index in [1.807, 2.05) is 12.2 Å². The number of hydrogen-bond donors (Lipinski definition) is 5. The quantitative estimate of drug-likeness (QED) is 0.0467. The fraction of sp³-hybridized carbons (Fsp3) is 0.611. The van der Waals surface area contributed by atoms with E-state index in [2.05, 4.69) is 66.7 Å². The molecule has 0 aromatic carbocycles. The van der Waals surface area contributed by atoms with Gasteiger partial charge in [-0.15, -0.1) is 13.2 Å². The molecule has 2 fully saturated rings. The molecule has 10 heteroatoms. The maximum Gasteiger partial charge on any atom is 2.00 e. The van der Waals surface area contributed by atoms with E-state index in [-0.39, 0.29) is 49.6 Å². The Bertz CT molecular complexity index is 733. The van der Waals surface area contributed by atoms with Crippen LogP contribution in [0, 0.1) is 20.8 Å². The average molecular weight is 692 g/mol. The molecule has 2 aliphatic rings. The van der Waals surface area contributed by atoms with Crippen LogP contribution in [0.1, 0.15) is 91.4 Å². The van der Waals surface area contributed by atoms with Crippen LogP contribution in [0.3, 0.4) is 0 Å². The Labute approximate surface area is 294 Å². The largest absolute Gasteiger partial charge is 2.00 e. The Balaban J connectivity index is -0.000000114. The molecule has 0 bridgehead atoms. The number of rotatable bonds is 16. The van der Waals surface area contributed by atoms with Crippen molar-refractivity contribution in [2.75, 3.05) is 45.8 Å². The van der Waals surface area contributed by atoms with E-state index in [0.717, 1.165) is 45.4 Å². The van der Waals surface area contributed by atoms with Crippen molar-refractivity contribution in [3.05, 3.63) is 65.5 Å². The van der Waals surface area contributed by atoms with Gasteiger partial charge in [-0.3, -0.25) is 19.2 Å². The van der Waals surface area contributed by atoms with Gasteiger partial charge in [-0.25, -0.2) is 0 Å². The third kappa shape index (κ3) is 48.4. The molecule has 2 aliphatic carbocycles. The number of likely N-dealkylation sites (N-methyl/N-ethyl adjacent to an activating group) is 2. The molecule has 9 nitrogen and oxygen atoms in total. The van der Waals surface area contributed by atoms with Crippen molar-refractivity contribution in [2.45, 2.75) is 91.4 Å². The van der Waals surface area contributed by atoms with Crippen molar-refractivity contribution in [3.8, 4) is 0 Å². The summed E-state index contributed by atoms with van der Waals surface area (Å²) in [5, 5.41) is 13.9. The zero-order chi connectivity index (χ0) is 33.0. The van der Waals surface area contributed by atoms with Crippen LogP contribution in [0.4, 0.5) is 0 Å². The molecule has 5 N–H and O–H groups in total. The Hall–Kier alpha value is -2.52. The first kappa shape index (κ1) is 55.9. The minimum absolute atomic E-state index is 0. The molecule has 0 unspecified atom stereocenters.